The van der Waals surface area contributed by atoms with E-state index in [1.54, 1.807) is 19.1 Å². The molecule has 3 rings (SSSR count). The number of imide groups is 1. The third-order valence-corrected chi connectivity index (χ3v) is 4.21. The first-order chi connectivity index (χ1) is 12.1. The fourth-order valence-electron chi connectivity index (χ4n) is 2.52. The Hall–Kier alpha value is -2.79. The summed E-state index contributed by atoms with van der Waals surface area (Å²) in [5.41, 5.74) is 1.81. The van der Waals surface area contributed by atoms with Crippen LogP contribution in [0.5, 0.6) is 5.75 Å². The molecule has 1 fully saturated rings. The number of para-hydroxylation sites is 1. The first-order valence-electron chi connectivity index (χ1n) is 7.90. The molecule has 128 valence electrons. The van der Waals surface area contributed by atoms with Gasteiger partial charge in [-0.05, 0) is 25.1 Å². The predicted molar refractivity (Wildman–Crippen MR) is 96.1 cm³/mol. The van der Waals surface area contributed by atoms with Crippen LogP contribution in [0.4, 0.5) is 4.79 Å². The van der Waals surface area contributed by atoms with Gasteiger partial charge in [-0.3, -0.25) is 9.69 Å². The highest BCUT2D eigenvalue weighted by Crippen LogP contribution is 2.25. The molecule has 0 unspecified atom stereocenters. The lowest BCUT2D eigenvalue weighted by atomic mass is 10.1. The van der Waals surface area contributed by atoms with Crippen LogP contribution in [-0.4, -0.2) is 23.4 Å². The third-order valence-electron chi connectivity index (χ3n) is 3.84. The predicted octanol–water partition coefficient (Wildman–Crippen LogP) is 3.83. The van der Waals surface area contributed by atoms with E-state index in [-0.39, 0.29) is 11.6 Å². The van der Waals surface area contributed by atoms with Gasteiger partial charge in [0, 0.05) is 22.7 Å². The number of benzene rings is 2. The van der Waals surface area contributed by atoms with Gasteiger partial charge < -0.3 is 10.1 Å². The number of halogens is 1. The van der Waals surface area contributed by atoms with Crippen LogP contribution in [0, 0.1) is 0 Å². The zero-order valence-electron chi connectivity index (χ0n) is 13.7. The fraction of sp³-hybridized carbons (Fsp3) is 0.158. The van der Waals surface area contributed by atoms with Gasteiger partial charge in [0.15, 0.2) is 0 Å². The zero-order valence-corrected chi connectivity index (χ0v) is 14.4. The highest BCUT2D eigenvalue weighted by molar-refractivity contribution is 6.31. The van der Waals surface area contributed by atoms with Crippen molar-refractivity contribution < 1.29 is 14.3 Å². The lowest BCUT2D eigenvalue weighted by Gasteiger charge is -2.10. The molecule has 1 saturated heterocycles. The van der Waals surface area contributed by atoms with E-state index in [9.17, 15) is 9.59 Å². The number of carbonyl (C=O) groups excluding carboxylic acids is 2. The Morgan fingerprint density at radius 2 is 1.84 bits per heavy atom. The lowest BCUT2D eigenvalue weighted by Crippen LogP contribution is -2.30. The summed E-state index contributed by atoms with van der Waals surface area (Å²) in [7, 11) is 0. The van der Waals surface area contributed by atoms with E-state index in [0.29, 0.717) is 29.5 Å². The van der Waals surface area contributed by atoms with Crippen LogP contribution in [0.1, 0.15) is 18.1 Å². The van der Waals surface area contributed by atoms with Crippen LogP contribution in [-0.2, 0) is 11.4 Å². The second-order valence-corrected chi connectivity index (χ2v) is 5.86. The van der Waals surface area contributed by atoms with Gasteiger partial charge in [0.1, 0.15) is 18.1 Å². The molecule has 1 N–H and O–H groups in total. The average molecular weight is 357 g/mol. The molecule has 0 aliphatic carbocycles. The van der Waals surface area contributed by atoms with Gasteiger partial charge in [0.25, 0.3) is 5.91 Å². The number of amides is 3. The summed E-state index contributed by atoms with van der Waals surface area (Å²) in [5.74, 6) is 0.264. The summed E-state index contributed by atoms with van der Waals surface area (Å²) in [6.07, 6.45) is 1.62. The summed E-state index contributed by atoms with van der Waals surface area (Å²) < 4.78 is 5.86. The maximum absolute atomic E-state index is 12.2. The maximum Gasteiger partial charge on any atom is 0.328 e. The van der Waals surface area contributed by atoms with E-state index in [4.69, 9.17) is 16.3 Å². The maximum atomic E-state index is 12.2. The molecule has 0 aromatic heterocycles. The molecule has 6 heteroatoms. The second-order valence-electron chi connectivity index (χ2n) is 5.46. The number of nitrogens with one attached hydrogen (secondary N) is 1. The molecule has 5 nitrogen and oxygen atoms in total. The summed E-state index contributed by atoms with van der Waals surface area (Å²) in [4.78, 5) is 25.1. The molecule has 0 saturated carbocycles. The number of ether oxygens (including phenoxy) is 1. The Balaban J connectivity index is 1.82. The molecule has 0 spiro atoms. The molecule has 1 aliphatic heterocycles. The molecule has 0 bridgehead atoms. The number of nitrogens with zero attached hydrogens (tertiary/aromatic N) is 1. The van der Waals surface area contributed by atoms with E-state index >= 15 is 0 Å². The van der Waals surface area contributed by atoms with E-state index in [1.807, 2.05) is 42.5 Å². The van der Waals surface area contributed by atoms with Crippen molar-refractivity contribution >= 4 is 29.6 Å². The minimum atomic E-state index is -0.409. The van der Waals surface area contributed by atoms with E-state index in [0.717, 1.165) is 10.5 Å². The molecule has 1 aliphatic rings. The minimum absolute atomic E-state index is 0.237. The van der Waals surface area contributed by atoms with Gasteiger partial charge in [0.05, 0.1) is 0 Å². The summed E-state index contributed by atoms with van der Waals surface area (Å²) in [5, 5.41) is 3.22. The van der Waals surface area contributed by atoms with Crippen LogP contribution in [0.25, 0.3) is 6.08 Å². The standard InChI is InChI=1S/C19H17ClN2O3/c1-2-22-18(23)16(21-19(22)24)11-13-7-4-6-10-17(13)25-12-14-8-3-5-9-15(14)20/h3-11H,2,12H2,1H3,(H,21,24)/b16-11+. The largest absolute Gasteiger partial charge is 0.488 e. The monoisotopic (exact) mass is 356 g/mol. The number of hydrogen-bond donors (Lipinski definition) is 1. The smallest absolute Gasteiger partial charge is 0.328 e. The van der Waals surface area contributed by atoms with E-state index in [1.165, 1.54) is 0 Å². The molecule has 1 heterocycles. The summed E-state index contributed by atoms with van der Waals surface area (Å²) in [6, 6.07) is 14.4. The molecule has 2 aromatic rings. The lowest BCUT2D eigenvalue weighted by molar-refractivity contribution is -0.122. The van der Waals surface area contributed by atoms with Gasteiger partial charge >= 0.3 is 6.03 Å². The van der Waals surface area contributed by atoms with Gasteiger partial charge in [-0.1, -0.05) is 48.0 Å². The Kier molecular flexibility index (Phi) is 5.05. The quantitative estimate of drug-likeness (QED) is 0.654. The molecular weight excluding hydrogens is 340 g/mol. The van der Waals surface area contributed by atoms with Crippen LogP contribution in [0.3, 0.4) is 0 Å². The highest BCUT2D eigenvalue weighted by Gasteiger charge is 2.32. The number of likely N-dealkylation sites (N-methyl/N-ethyl adjacent to an activating group) is 1. The Bertz CT molecular complexity index is 848. The van der Waals surface area contributed by atoms with Crippen LogP contribution < -0.4 is 10.1 Å². The topological polar surface area (TPSA) is 58.6 Å². The number of hydrogen-bond acceptors (Lipinski definition) is 3. The molecule has 0 radical (unpaired) electrons. The number of urea groups is 1. The van der Waals surface area contributed by atoms with Crippen LogP contribution in [0.15, 0.2) is 54.2 Å². The first-order valence-corrected chi connectivity index (χ1v) is 8.27. The van der Waals surface area contributed by atoms with Gasteiger partial charge in [-0.25, -0.2) is 4.79 Å². The molecule has 2 aromatic carbocycles. The van der Waals surface area contributed by atoms with Crippen molar-refractivity contribution in [3.63, 3.8) is 0 Å². The van der Waals surface area contributed by atoms with Crippen molar-refractivity contribution in [2.45, 2.75) is 13.5 Å². The third kappa shape index (κ3) is 3.67. The molecule has 3 amide bonds. The highest BCUT2D eigenvalue weighted by atomic mass is 35.5. The van der Waals surface area contributed by atoms with E-state index in [2.05, 4.69) is 5.32 Å². The van der Waals surface area contributed by atoms with E-state index < -0.39 is 6.03 Å². The van der Waals surface area contributed by atoms with Crippen LogP contribution >= 0.6 is 11.6 Å². The Morgan fingerprint density at radius 3 is 2.56 bits per heavy atom. The summed E-state index contributed by atoms with van der Waals surface area (Å²) in [6.45, 7) is 2.38. The van der Waals surface area contributed by atoms with Crippen molar-refractivity contribution in [3.8, 4) is 5.75 Å². The Labute approximate surface area is 150 Å². The van der Waals surface area contributed by atoms with Gasteiger partial charge in [0.2, 0.25) is 0 Å². The molecule has 25 heavy (non-hydrogen) atoms. The normalized spacial score (nSPS) is 15.6. The number of rotatable bonds is 5. The average Bonchev–Trinajstić information content (AvgIpc) is 2.88. The van der Waals surface area contributed by atoms with Crippen LogP contribution in [0.2, 0.25) is 5.02 Å². The van der Waals surface area contributed by atoms with Crippen molar-refractivity contribution in [3.05, 3.63) is 70.4 Å². The summed E-state index contributed by atoms with van der Waals surface area (Å²) >= 11 is 6.15. The van der Waals surface area contributed by atoms with Crippen molar-refractivity contribution in [2.75, 3.05) is 6.54 Å². The first kappa shape index (κ1) is 17.0. The minimum Gasteiger partial charge on any atom is -0.488 e. The Morgan fingerprint density at radius 1 is 1.12 bits per heavy atom. The fourth-order valence-corrected chi connectivity index (χ4v) is 2.71. The van der Waals surface area contributed by atoms with Gasteiger partial charge in [-0.2, -0.15) is 0 Å². The second kappa shape index (κ2) is 7.40. The van der Waals surface area contributed by atoms with Gasteiger partial charge in [-0.15, -0.1) is 0 Å². The number of carbonyl (C=O) groups is 2. The SMILES string of the molecule is CCN1C(=O)N/C(=C/c2ccccc2OCc2ccccc2Cl)C1=O. The van der Waals surface area contributed by atoms with Crippen molar-refractivity contribution in [2.24, 2.45) is 0 Å². The zero-order chi connectivity index (χ0) is 17.8. The molecule has 0 atom stereocenters. The van der Waals surface area contributed by atoms with Crippen molar-refractivity contribution in [1.29, 1.82) is 0 Å². The van der Waals surface area contributed by atoms with Crippen molar-refractivity contribution in [1.82, 2.24) is 10.2 Å². The molecular formula is C19H17ClN2O3.